The molecule has 0 radical (unpaired) electrons. The fourth-order valence-corrected chi connectivity index (χ4v) is 4.66. The van der Waals surface area contributed by atoms with Gasteiger partial charge in [-0.2, -0.15) is 0 Å². The van der Waals surface area contributed by atoms with E-state index in [-0.39, 0.29) is 0 Å². The maximum Gasteiger partial charge on any atom is 0.0799 e. The largest absolute Gasteiger partial charge is 0.339 e. The first-order chi connectivity index (χ1) is 11.5. The van der Waals surface area contributed by atoms with Crippen molar-refractivity contribution < 1.29 is 4.48 Å². The van der Waals surface area contributed by atoms with Crippen molar-refractivity contribution in [1.82, 2.24) is 0 Å². The summed E-state index contributed by atoms with van der Waals surface area (Å²) in [5, 5.41) is 0.806. The number of halogens is 1. The third kappa shape index (κ3) is 3.90. The third-order valence-corrected chi connectivity index (χ3v) is 5.93. The molecule has 24 heavy (non-hydrogen) atoms. The zero-order valence-electron chi connectivity index (χ0n) is 14.8. The van der Waals surface area contributed by atoms with Crippen LogP contribution in [0, 0.1) is 0 Å². The molecule has 0 fully saturated rings. The summed E-state index contributed by atoms with van der Waals surface area (Å²) < 4.78 is 1.09. The molecular weight excluding hydrogens is 336 g/mol. The van der Waals surface area contributed by atoms with Crippen LogP contribution in [0.3, 0.4) is 0 Å². The number of benzene rings is 2. The Labute approximate surface area is 155 Å². The molecule has 0 N–H and O–H groups in total. The quantitative estimate of drug-likeness (QED) is 0.596. The second kappa shape index (κ2) is 7.38. The van der Waals surface area contributed by atoms with E-state index in [9.17, 15) is 0 Å². The van der Waals surface area contributed by atoms with Gasteiger partial charge in [0.15, 0.2) is 0 Å². The molecule has 0 aromatic heterocycles. The van der Waals surface area contributed by atoms with E-state index in [1.165, 1.54) is 40.7 Å². The molecular formula is C20H26ClN2S+. The van der Waals surface area contributed by atoms with Gasteiger partial charge in [-0.1, -0.05) is 42.4 Å². The van der Waals surface area contributed by atoms with Crippen LogP contribution in [0.25, 0.3) is 0 Å². The molecule has 2 nitrogen and oxygen atoms in total. The summed E-state index contributed by atoms with van der Waals surface area (Å²) in [7, 11) is 4.66. The number of anilines is 2. The van der Waals surface area contributed by atoms with Crippen LogP contribution in [0.4, 0.5) is 11.4 Å². The first-order valence-electron chi connectivity index (χ1n) is 8.66. The lowest BCUT2D eigenvalue weighted by atomic mass is 10.2. The van der Waals surface area contributed by atoms with Crippen molar-refractivity contribution >= 4 is 34.7 Å². The fraction of sp³-hybridized carbons (Fsp3) is 0.400. The molecule has 0 saturated heterocycles. The van der Waals surface area contributed by atoms with E-state index in [1.54, 1.807) is 0 Å². The number of rotatable bonds is 6. The lowest BCUT2D eigenvalue weighted by Crippen LogP contribution is -2.42. The number of hydrogen-bond acceptors (Lipinski definition) is 2. The number of nitrogens with zero attached hydrogens (tertiary/aromatic N) is 2. The molecule has 0 atom stereocenters. The van der Waals surface area contributed by atoms with Gasteiger partial charge in [0, 0.05) is 27.8 Å². The SMILES string of the molecule is CCC[N+](C)(C)CCCN1c2ccccc2Sc2ccc(Cl)cc21. The molecule has 0 amide bonds. The van der Waals surface area contributed by atoms with Crippen LogP contribution in [0.2, 0.25) is 5.02 Å². The van der Waals surface area contributed by atoms with Crippen LogP contribution >= 0.6 is 23.4 Å². The van der Waals surface area contributed by atoms with E-state index in [2.05, 4.69) is 62.3 Å². The molecule has 0 bridgehead atoms. The van der Waals surface area contributed by atoms with Crippen molar-refractivity contribution in [3.63, 3.8) is 0 Å². The zero-order valence-corrected chi connectivity index (χ0v) is 16.3. The summed E-state index contributed by atoms with van der Waals surface area (Å²) >= 11 is 8.12. The average molecular weight is 362 g/mol. The van der Waals surface area contributed by atoms with E-state index >= 15 is 0 Å². The van der Waals surface area contributed by atoms with Gasteiger partial charge in [0.2, 0.25) is 0 Å². The van der Waals surface area contributed by atoms with Gasteiger partial charge in [-0.15, -0.1) is 0 Å². The molecule has 1 heterocycles. The summed E-state index contributed by atoms with van der Waals surface area (Å²) in [5.74, 6) is 0. The van der Waals surface area contributed by atoms with Crippen molar-refractivity contribution in [2.75, 3.05) is 38.6 Å². The van der Waals surface area contributed by atoms with Crippen molar-refractivity contribution in [1.29, 1.82) is 0 Å². The molecule has 0 unspecified atom stereocenters. The van der Waals surface area contributed by atoms with Gasteiger partial charge in [-0.3, -0.25) is 0 Å². The predicted molar refractivity (Wildman–Crippen MR) is 106 cm³/mol. The molecule has 128 valence electrons. The molecule has 2 aromatic carbocycles. The highest BCUT2D eigenvalue weighted by Gasteiger charge is 2.24. The van der Waals surface area contributed by atoms with E-state index in [0.29, 0.717) is 0 Å². The Morgan fingerprint density at radius 3 is 2.54 bits per heavy atom. The Kier molecular flexibility index (Phi) is 5.43. The van der Waals surface area contributed by atoms with Gasteiger partial charge in [0.1, 0.15) is 0 Å². The standard InChI is InChI=1S/C20H26ClN2S/c1-4-13-23(2,3)14-7-12-22-17-8-5-6-9-19(17)24-20-11-10-16(21)15-18(20)22/h5-6,8-11,15H,4,7,12-14H2,1-3H3/q+1. The highest BCUT2D eigenvalue weighted by Crippen LogP contribution is 2.48. The first-order valence-corrected chi connectivity index (χ1v) is 9.85. The van der Waals surface area contributed by atoms with Crippen molar-refractivity contribution in [3.8, 4) is 0 Å². The third-order valence-electron chi connectivity index (χ3n) is 4.56. The zero-order chi connectivity index (χ0) is 17.2. The van der Waals surface area contributed by atoms with E-state index in [0.717, 1.165) is 22.5 Å². The van der Waals surface area contributed by atoms with Crippen molar-refractivity contribution in [2.45, 2.75) is 29.6 Å². The molecule has 1 aliphatic rings. The van der Waals surface area contributed by atoms with Gasteiger partial charge in [-0.05, 0) is 36.8 Å². The summed E-state index contributed by atoms with van der Waals surface area (Å²) in [6.45, 7) is 5.71. The van der Waals surface area contributed by atoms with Crippen LogP contribution in [-0.4, -0.2) is 38.2 Å². The topological polar surface area (TPSA) is 3.24 Å². The lowest BCUT2D eigenvalue weighted by Gasteiger charge is -2.35. The van der Waals surface area contributed by atoms with Gasteiger partial charge < -0.3 is 9.38 Å². The molecule has 2 aromatic rings. The molecule has 3 rings (SSSR count). The highest BCUT2D eigenvalue weighted by molar-refractivity contribution is 7.99. The summed E-state index contributed by atoms with van der Waals surface area (Å²) in [6.07, 6.45) is 2.40. The van der Waals surface area contributed by atoms with E-state index < -0.39 is 0 Å². The maximum absolute atomic E-state index is 6.28. The molecule has 0 aliphatic carbocycles. The number of hydrogen-bond donors (Lipinski definition) is 0. The second-order valence-corrected chi connectivity index (χ2v) is 8.59. The Balaban J connectivity index is 1.83. The first kappa shape index (κ1) is 17.7. The minimum atomic E-state index is 0.806. The maximum atomic E-state index is 6.28. The summed E-state index contributed by atoms with van der Waals surface area (Å²) in [5.41, 5.74) is 2.55. The van der Waals surface area contributed by atoms with E-state index in [1.807, 2.05) is 17.8 Å². The minimum absolute atomic E-state index is 0.806. The molecule has 1 aliphatic heterocycles. The predicted octanol–water partition coefficient (Wildman–Crippen LogP) is 5.82. The van der Waals surface area contributed by atoms with Gasteiger partial charge >= 0.3 is 0 Å². The summed E-state index contributed by atoms with van der Waals surface area (Å²) in [6, 6.07) is 14.9. The Bertz CT molecular complexity index is 715. The second-order valence-electron chi connectivity index (χ2n) is 7.07. The van der Waals surface area contributed by atoms with Gasteiger partial charge in [0.25, 0.3) is 0 Å². The van der Waals surface area contributed by atoms with Crippen LogP contribution in [0.5, 0.6) is 0 Å². The number of fused-ring (bicyclic) bond motifs is 2. The number of quaternary nitrogens is 1. The average Bonchev–Trinajstić information content (AvgIpc) is 2.54. The monoisotopic (exact) mass is 361 g/mol. The Hall–Kier alpha value is -1.16. The van der Waals surface area contributed by atoms with Gasteiger partial charge in [-0.25, -0.2) is 0 Å². The lowest BCUT2D eigenvalue weighted by molar-refractivity contribution is -0.890. The Morgan fingerprint density at radius 2 is 1.75 bits per heavy atom. The van der Waals surface area contributed by atoms with Crippen LogP contribution in [0.1, 0.15) is 19.8 Å². The highest BCUT2D eigenvalue weighted by atomic mass is 35.5. The van der Waals surface area contributed by atoms with E-state index in [4.69, 9.17) is 11.6 Å². The van der Waals surface area contributed by atoms with Crippen LogP contribution < -0.4 is 4.90 Å². The molecule has 0 spiro atoms. The van der Waals surface area contributed by atoms with Gasteiger partial charge in [0.05, 0.1) is 38.6 Å². The Morgan fingerprint density at radius 1 is 1.00 bits per heavy atom. The van der Waals surface area contributed by atoms with Crippen LogP contribution in [0.15, 0.2) is 52.3 Å². The van der Waals surface area contributed by atoms with Crippen LogP contribution in [-0.2, 0) is 0 Å². The fourth-order valence-electron chi connectivity index (χ4n) is 3.42. The normalized spacial score (nSPS) is 13.6. The minimum Gasteiger partial charge on any atom is -0.339 e. The van der Waals surface area contributed by atoms with Crippen molar-refractivity contribution in [3.05, 3.63) is 47.5 Å². The smallest absolute Gasteiger partial charge is 0.0799 e. The van der Waals surface area contributed by atoms with Crippen molar-refractivity contribution in [2.24, 2.45) is 0 Å². The number of para-hydroxylation sites is 1. The molecule has 4 heteroatoms. The molecule has 0 saturated carbocycles. The summed E-state index contributed by atoms with van der Waals surface area (Å²) in [4.78, 5) is 5.06.